The van der Waals surface area contributed by atoms with Crippen molar-refractivity contribution >= 4 is 34.6 Å². The Bertz CT molecular complexity index is 364. The quantitative estimate of drug-likeness (QED) is 0.717. The zero-order chi connectivity index (χ0) is 13.4. The fourth-order valence-corrected chi connectivity index (χ4v) is 1.69. The number of thiocarbonyl (C=S) groups is 1. The summed E-state index contributed by atoms with van der Waals surface area (Å²) >= 11 is 5.08. The van der Waals surface area contributed by atoms with E-state index in [0.717, 1.165) is 24.3 Å². The average Bonchev–Trinajstić information content (AvgIpc) is 2.32. The molecule has 0 spiro atoms. The van der Waals surface area contributed by atoms with Gasteiger partial charge in [-0.2, -0.15) is 0 Å². The molecule has 0 bridgehead atoms. The van der Waals surface area contributed by atoms with Gasteiger partial charge >= 0.3 is 0 Å². The number of hydrogen-bond donors (Lipinski definition) is 3. The fraction of sp³-hybridized carbons (Fsp3) is 0.385. The van der Waals surface area contributed by atoms with Crippen LogP contribution in [0.15, 0.2) is 24.3 Å². The van der Waals surface area contributed by atoms with Crippen LogP contribution in [0.3, 0.4) is 0 Å². The van der Waals surface area contributed by atoms with Gasteiger partial charge in [-0.05, 0) is 49.8 Å². The van der Waals surface area contributed by atoms with Crippen LogP contribution in [0.5, 0.6) is 0 Å². The average molecular weight is 265 g/mol. The van der Waals surface area contributed by atoms with Gasteiger partial charge in [-0.25, -0.2) is 0 Å². The van der Waals surface area contributed by atoms with Gasteiger partial charge in [0.2, 0.25) is 5.91 Å². The maximum Gasteiger partial charge on any atom is 0.224 e. The normalized spacial score (nSPS) is 9.67. The third kappa shape index (κ3) is 5.14. The van der Waals surface area contributed by atoms with E-state index >= 15 is 0 Å². The summed E-state index contributed by atoms with van der Waals surface area (Å²) in [6, 6.07) is 7.46. The molecule has 0 saturated carbocycles. The van der Waals surface area contributed by atoms with Crippen LogP contribution in [0.1, 0.15) is 26.7 Å². The molecule has 98 valence electrons. The van der Waals surface area contributed by atoms with Crippen molar-refractivity contribution in [1.82, 2.24) is 5.32 Å². The lowest BCUT2D eigenvalue weighted by Crippen LogP contribution is -2.27. The molecule has 1 aromatic carbocycles. The molecule has 0 aromatic heterocycles. The summed E-state index contributed by atoms with van der Waals surface area (Å²) < 4.78 is 0. The molecule has 0 unspecified atom stereocenters. The highest BCUT2D eigenvalue weighted by molar-refractivity contribution is 7.80. The minimum Gasteiger partial charge on any atom is -0.363 e. The number of rotatable bonds is 5. The second-order valence-electron chi connectivity index (χ2n) is 3.86. The van der Waals surface area contributed by atoms with E-state index in [0.29, 0.717) is 11.5 Å². The van der Waals surface area contributed by atoms with Crippen molar-refractivity contribution in [2.75, 3.05) is 17.2 Å². The molecular weight excluding hydrogens is 246 g/mol. The highest BCUT2D eigenvalue weighted by Gasteiger charge is 2.01. The molecule has 0 aliphatic heterocycles. The third-order valence-electron chi connectivity index (χ3n) is 2.24. The zero-order valence-electron chi connectivity index (χ0n) is 10.7. The molecular formula is C13H19N3OS. The first kappa shape index (κ1) is 14.4. The van der Waals surface area contributed by atoms with Crippen molar-refractivity contribution in [2.45, 2.75) is 26.7 Å². The summed E-state index contributed by atoms with van der Waals surface area (Å²) in [5, 5.41) is 9.50. The van der Waals surface area contributed by atoms with Gasteiger partial charge in [0.15, 0.2) is 5.11 Å². The lowest BCUT2D eigenvalue weighted by Gasteiger charge is -2.09. The van der Waals surface area contributed by atoms with Crippen LogP contribution in [0, 0.1) is 0 Å². The second kappa shape index (κ2) is 7.66. The van der Waals surface area contributed by atoms with E-state index in [1.807, 2.05) is 38.1 Å². The van der Waals surface area contributed by atoms with Gasteiger partial charge in [0.25, 0.3) is 0 Å². The zero-order valence-corrected chi connectivity index (χ0v) is 11.6. The lowest BCUT2D eigenvalue weighted by atomic mass is 10.2. The van der Waals surface area contributed by atoms with Crippen LogP contribution in [-0.2, 0) is 4.79 Å². The summed E-state index contributed by atoms with van der Waals surface area (Å²) in [5.74, 6) is 0.0429. The van der Waals surface area contributed by atoms with Crippen LogP contribution < -0.4 is 16.0 Å². The molecule has 0 radical (unpaired) electrons. The Labute approximate surface area is 113 Å². The number of anilines is 2. The van der Waals surface area contributed by atoms with Gasteiger partial charge in [0, 0.05) is 24.3 Å². The molecule has 1 rings (SSSR count). The standard InChI is InChI=1S/C13H19N3OS/c1-3-5-12(17)15-10-6-8-11(9-7-10)16-13(18)14-4-2/h6-9H,3-5H2,1-2H3,(H,15,17)(H2,14,16,18). The number of nitrogens with one attached hydrogen (secondary N) is 3. The van der Waals surface area contributed by atoms with Crippen molar-refractivity contribution in [1.29, 1.82) is 0 Å². The van der Waals surface area contributed by atoms with Crippen LogP contribution in [-0.4, -0.2) is 17.6 Å². The molecule has 0 atom stereocenters. The first-order valence-corrected chi connectivity index (χ1v) is 6.51. The van der Waals surface area contributed by atoms with E-state index in [1.165, 1.54) is 0 Å². The predicted octanol–water partition coefficient (Wildman–Crippen LogP) is 2.73. The Morgan fingerprint density at radius 2 is 1.67 bits per heavy atom. The topological polar surface area (TPSA) is 53.2 Å². The van der Waals surface area contributed by atoms with Gasteiger partial charge in [-0.1, -0.05) is 6.92 Å². The summed E-state index contributed by atoms with van der Waals surface area (Å²) in [6.45, 7) is 4.76. The highest BCUT2D eigenvalue weighted by Crippen LogP contribution is 2.13. The Hall–Kier alpha value is -1.62. The molecule has 0 fully saturated rings. The molecule has 0 aliphatic rings. The van der Waals surface area contributed by atoms with E-state index in [-0.39, 0.29) is 5.91 Å². The van der Waals surface area contributed by atoms with Gasteiger partial charge < -0.3 is 16.0 Å². The van der Waals surface area contributed by atoms with Crippen molar-refractivity contribution in [3.8, 4) is 0 Å². The summed E-state index contributed by atoms with van der Waals surface area (Å²) in [7, 11) is 0. The third-order valence-corrected chi connectivity index (χ3v) is 2.49. The Balaban J connectivity index is 2.52. The maximum absolute atomic E-state index is 11.4. The minimum atomic E-state index is 0.0429. The maximum atomic E-state index is 11.4. The monoisotopic (exact) mass is 265 g/mol. The van der Waals surface area contributed by atoms with Crippen molar-refractivity contribution in [3.05, 3.63) is 24.3 Å². The lowest BCUT2D eigenvalue weighted by molar-refractivity contribution is -0.116. The number of hydrogen-bond acceptors (Lipinski definition) is 2. The van der Waals surface area contributed by atoms with Gasteiger partial charge in [-0.3, -0.25) is 4.79 Å². The van der Waals surface area contributed by atoms with E-state index in [2.05, 4.69) is 16.0 Å². The molecule has 0 saturated heterocycles. The van der Waals surface area contributed by atoms with E-state index in [1.54, 1.807) is 0 Å². The number of benzene rings is 1. The number of carbonyl (C=O) groups is 1. The molecule has 18 heavy (non-hydrogen) atoms. The van der Waals surface area contributed by atoms with Crippen LogP contribution in [0.2, 0.25) is 0 Å². The van der Waals surface area contributed by atoms with E-state index in [9.17, 15) is 4.79 Å². The van der Waals surface area contributed by atoms with Crippen molar-refractivity contribution < 1.29 is 4.79 Å². The molecule has 0 heterocycles. The van der Waals surface area contributed by atoms with Crippen molar-refractivity contribution in [2.24, 2.45) is 0 Å². The highest BCUT2D eigenvalue weighted by atomic mass is 32.1. The Morgan fingerprint density at radius 3 is 2.17 bits per heavy atom. The van der Waals surface area contributed by atoms with Crippen LogP contribution >= 0.6 is 12.2 Å². The summed E-state index contributed by atoms with van der Waals surface area (Å²) in [4.78, 5) is 11.4. The summed E-state index contributed by atoms with van der Waals surface area (Å²) in [6.07, 6.45) is 1.40. The first-order valence-electron chi connectivity index (χ1n) is 6.10. The molecule has 1 aromatic rings. The van der Waals surface area contributed by atoms with Crippen LogP contribution in [0.25, 0.3) is 0 Å². The predicted molar refractivity (Wildman–Crippen MR) is 79.9 cm³/mol. The van der Waals surface area contributed by atoms with Crippen molar-refractivity contribution in [3.63, 3.8) is 0 Å². The minimum absolute atomic E-state index is 0.0429. The van der Waals surface area contributed by atoms with Gasteiger partial charge in [0.1, 0.15) is 0 Å². The number of carbonyl (C=O) groups excluding carboxylic acids is 1. The van der Waals surface area contributed by atoms with E-state index in [4.69, 9.17) is 12.2 Å². The largest absolute Gasteiger partial charge is 0.363 e. The van der Waals surface area contributed by atoms with Crippen LogP contribution in [0.4, 0.5) is 11.4 Å². The second-order valence-corrected chi connectivity index (χ2v) is 4.27. The fourth-order valence-electron chi connectivity index (χ4n) is 1.42. The molecule has 0 aliphatic carbocycles. The molecule has 1 amide bonds. The SMILES string of the molecule is CCCC(=O)Nc1ccc(NC(=S)NCC)cc1. The Kier molecular flexibility index (Phi) is 6.14. The molecule has 3 N–H and O–H groups in total. The number of amides is 1. The summed E-state index contributed by atoms with van der Waals surface area (Å²) in [5.41, 5.74) is 1.70. The first-order chi connectivity index (χ1) is 8.65. The van der Waals surface area contributed by atoms with E-state index < -0.39 is 0 Å². The molecule has 4 nitrogen and oxygen atoms in total. The smallest absolute Gasteiger partial charge is 0.224 e. The Morgan fingerprint density at radius 1 is 1.11 bits per heavy atom. The molecule has 5 heteroatoms. The van der Waals surface area contributed by atoms with Gasteiger partial charge in [-0.15, -0.1) is 0 Å². The van der Waals surface area contributed by atoms with Gasteiger partial charge in [0.05, 0.1) is 0 Å².